The summed E-state index contributed by atoms with van der Waals surface area (Å²) in [5.74, 6) is -1.06. The summed E-state index contributed by atoms with van der Waals surface area (Å²) in [6.45, 7) is 0. The monoisotopic (exact) mass is 398 g/mol. The van der Waals surface area contributed by atoms with Crippen LogP contribution in [0.5, 0.6) is 5.75 Å². The van der Waals surface area contributed by atoms with Crippen LogP contribution in [0, 0.1) is 5.82 Å². The molecular formula is C14H20B9FN2O4. The van der Waals surface area contributed by atoms with E-state index < -0.39 is 17.2 Å². The van der Waals surface area contributed by atoms with Gasteiger partial charge in [0.25, 0.3) is 11.9 Å². The quantitative estimate of drug-likeness (QED) is 0.470. The minimum atomic E-state index is -1.19. The Morgan fingerprint density at radius 2 is 1.63 bits per heavy atom. The van der Waals surface area contributed by atoms with Gasteiger partial charge in [-0.3, -0.25) is 9.59 Å². The van der Waals surface area contributed by atoms with Gasteiger partial charge in [-0.05, 0) is 17.1 Å². The summed E-state index contributed by atoms with van der Waals surface area (Å²) >= 11 is 0. The summed E-state index contributed by atoms with van der Waals surface area (Å²) in [5.41, 5.74) is 4.37. The average Bonchev–Trinajstić information content (AvgIpc) is 2.74. The molecule has 0 aliphatic rings. The van der Waals surface area contributed by atoms with Gasteiger partial charge < -0.3 is 14.1 Å². The summed E-state index contributed by atoms with van der Waals surface area (Å²) in [5, 5.41) is -1.19. The van der Waals surface area contributed by atoms with E-state index in [0.717, 1.165) is 16.5 Å². The second-order valence-electron chi connectivity index (χ2n) is 7.88. The number of hydrogen-bond donors (Lipinski definition) is 0. The van der Waals surface area contributed by atoms with Crippen LogP contribution >= 0.6 is 0 Å². The van der Waals surface area contributed by atoms with Crippen LogP contribution in [0.1, 0.15) is 10.5 Å². The van der Waals surface area contributed by atoms with Crippen molar-refractivity contribution in [1.82, 2.24) is 9.79 Å². The molecule has 1 aromatic carbocycles. The second kappa shape index (κ2) is 8.78. The molecule has 0 spiro atoms. The zero-order valence-corrected chi connectivity index (χ0v) is 19.1. The van der Waals surface area contributed by atoms with Crippen LogP contribution in [0.3, 0.4) is 0 Å². The first-order chi connectivity index (χ1) is 13.9. The lowest BCUT2D eigenvalue weighted by Gasteiger charge is -2.34. The van der Waals surface area contributed by atoms with Gasteiger partial charge in [-0.1, -0.05) is 16.4 Å². The Kier molecular flexibility index (Phi) is 6.99. The molecule has 0 radical (unpaired) electrons. The Balaban J connectivity index is 2.59. The van der Waals surface area contributed by atoms with E-state index in [1.807, 2.05) is 15.7 Å². The van der Waals surface area contributed by atoms with E-state index in [1.165, 1.54) is 35.1 Å². The van der Waals surface area contributed by atoms with Crippen LogP contribution in [0.25, 0.3) is 11.1 Å². The van der Waals surface area contributed by atoms with Gasteiger partial charge in [0.2, 0.25) is 7.98 Å². The first kappa shape index (κ1) is 23.9. The molecular weight excluding hydrogens is 376 g/mol. The third-order valence-electron chi connectivity index (χ3n) is 5.93. The van der Waals surface area contributed by atoms with E-state index in [2.05, 4.69) is 4.98 Å². The molecule has 16 heteroatoms. The molecule has 1 aromatic heterocycles. The van der Waals surface area contributed by atoms with Crippen molar-refractivity contribution in [1.29, 1.82) is 0 Å². The highest BCUT2D eigenvalue weighted by Gasteiger charge is 2.36. The zero-order chi connectivity index (χ0) is 23.0. The minimum absolute atomic E-state index is 0.0559. The third-order valence-corrected chi connectivity index (χ3v) is 5.93. The molecule has 6 nitrogen and oxygen atoms in total. The van der Waals surface area contributed by atoms with Crippen LogP contribution in [0.4, 0.5) is 4.39 Å². The van der Waals surface area contributed by atoms with Gasteiger partial charge in [0.05, 0.1) is 5.34 Å². The summed E-state index contributed by atoms with van der Waals surface area (Å²) in [4.78, 5) is 30.7. The fraction of sp³-hybridized carbons (Fsp3) is 0.0714. The largest absolute Gasteiger partial charge is 0.566 e. The van der Waals surface area contributed by atoms with Crippen LogP contribution in [0.2, 0.25) is 0 Å². The van der Waals surface area contributed by atoms with E-state index in [9.17, 15) is 14.0 Å². The van der Waals surface area contributed by atoms with Crippen molar-refractivity contribution in [3.8, 4) is 16.9 Å². The van der Waals surface area contributed by atoms with Crippen molar-refractivity contribution in [2.75, 3.05) is 0 Å². The number of pyridine rings is 1. The third kappa shape index (κ3) is 3.96. The standard InChI is InChI=1S/C14H20B9FN2O4/c15-6-5(7(16)10(24)9(18)8(6)17)3-1-4(29-22)11(25-2-3)12(27)26(21)14(19,20)13(28)30-23/h1-2H,15-23H2. The van der Waals surface area contributed by atoms with Gasteiger partial charge in [-0.2, -0.15) is 0 Å². The van der Waals surface area contributed by atoms with Crippen LogP contribution in [-0.4, -0.2) is 98.2 Å². The SMILES string of the molecule is BOC(=O)C(B)(B)N(B)C(=O)c1ncc(-c2c(B)c(B)c(B)c(F)c2B)cc1OB. The summed E-state index contributed by atoms with van der Waals surface area (Å²) in [6.07, 6.45) is 1.53. The first-order valence-electron chi connectivity index (χ1n) is 9.56. The number of hydrogen-bond acceptors (Lipinski definition) is 5. The number of benzene rings is 1. The van der Waals surface area contributed by atoms with Crippen LogP contribution < -0.4 is 26.5 Å². The molecule has 0 saturated heterocycles. The maximum Gasteiger partial charge on any atom is 0.326 e. The molecule has 0 N–H and O–H groups in total. The molecule has 0 unspecified atom stereocenters. The number of aromatic nitrogens is 1. The Bertz CT molecular complexity index is 1010. The van der Waals surface area contributed by atoms with E-state index >= 15 is 0 Å². The predicted octanol–water partition coefficient (Wildman–Crippen LogP) is -10.2. The number of rotatable bonds is 5. The molecule has 1 amide bonds. The van der Waals surface area contributed by atoms with Gasteiger partial charge in [0.1, 0.15) is 58.6 Å². The average molecular weight is 397 g/mol. The lowest BCUT2D eigenvalue weighted by Crippen LogP contribution is -2.58. The normalized spacial score (nSPS) is 11.0. The maximum atomic E-state index is 14.7. The second-order valence-corrected chi connectivity index (χ2v) is 7.88. The first-order valence-corrected chi connectivity index (χ1v) is 9.56. The van der Waals surface area contributed by atoms with Crippen LogP contribution in [0.15, 0.2) is 12.3 Å². The summed E-state index contributed by atoms with van der Waals surface area (Å²) in [7, 11) is 14.7. The Morgan fingerprint density at radius 1 is 1.03 bits per heavy atom. The number of halogens is 1. The molecule has 0 bridgehead atoms. The number of amides is 1. The maximum absolute atomic E-state index is 14.7. The molecule has 1 heterocycles. The van der Waals surface area contributed by atoms with Gasteiger partial charge in [-0.25, -0.2) is 9.37 Å². The molecule has 2 rings (SSSR count). The molecule has 144 valence electrons. The number of carbonyl (C=O) groups is 2. The topological polar surface area (TPSA) is 68.7 Å². The Morgan fingerprint density at radius 3 is 2.17 bits per heavy atom. The highest BCUT2D eigenvalue weighted by molar-refractivity contribution is 6.61. The van der Waals surface area contributed by atoms with E-state index in [4.69, 9.17) is 9.31 Å². The summed E-state index contributed by atoms with van der Waals surface area (Å²) < 4.78 is 24.9. The molecule has 0 saturated carbocycles. The van der Waals surface area contributed by atoms with Crippen molar-refractivity contribution in [2.45, 2.75) is 5.34 Å². The highest BCUT2D eigenvalue weighted by Crippen LogP contribution is 2.25. The van der Waals surface area contributed by atoms with Gasteiger partial charge >= 0.3 is 16.1 Å². The van der Waals surface area contributed by atoms with Crippen molar-refractivity contribution in [3.63, 3.8) is 0 Å². The molecule has 0 atom stereocenters. The molecule has 0 aliphatic carbocycles. The lowest BCUT2D eigenvalue weighted by molar-refractivity contribution is -0.136. The van der Waals surface area contributed by atoms with Crippen molar-refractivity contribution >= 4 is 105 Å². The molecule has 0 fully saturated rings. The van der Waals surface area contributed by atoms with Gasteiger partial charge in [0.15, 0.2) is 5.69 Å². The molecule has 30 heavy (non-hydrogen) atoms. The van der Waals surface area contributed by atoms with Crippen LogP contribution in [-0.2, 0) is 9.45 Å². The predicted molar refractivity (Wildman–Crippen MR) is 141 cm³/mol. The van der Waals surface area contributed by atoms with Crippen molar-refractivity contribution in [2.24, 2.45) is 0 Å². The van der Waals surface area contributed by atoms with Gasteiger partial charge in [0, 0.05) is 11.8 Å². The highest BCUT2D eigenvalue weighted by atomic mass is 19.1. The molecule has 2 aromatic rings. The lowest BCUT2D eigenvalue weighted by atomic mass is 9.59. The Labute approximate surface area is 184 Å². The fourth-order valence-electron chi connectivity index (χ4n) is 3.44. The number of nitrogens with zero attached hydrogens (tertiary/aromatic N) is 2. The van der Waals surface area contributed by atoms with E-state index in [0.29, 0.717) is 16.5 Å². The van der Waals surface area contributed by atoms with Gasteiger partial charge in [-0.15, -0.1) is 0 Å². The minimum Gasteiger partial charge on any atom is -0.566 e. The smallest absolute Gasteiger partial charge is 0.326 e. The molecule has 0 aliphatic heterocycles. The van der Waals surface area contributed by atoms with E-state index in [1.54, 1.807) is 37.5 Å². The van der Waals surface area contributed by atoms with Crippen molar-refractivity contribution in [3.05, 3.63) is 23.8 Å². The Hall–Kier alpha value is -2.38. The fourth-order valence-corrected chi connectivity index (χ4v) is 3.44. The summed E-state index contributed by atoms with van der Waals surface area (Å²) in [6, 6.07) is 1.67. The van der Waals surface area contributed by atoms with Crippen molar-refractivity contribution < 1.29 is 23.3 Å². The number of carbonyl (C=O) groups excluding carboxylic acids is 2. The van der Waals surface area contributed by atoms with E-state index in [-0.39, 0.29) is 17.3 Å². The zero-order valence-electron chi connectivity index (χ0n) is 19.1.